The molecule has 1 aliphatic rings. The van der Waals surface area contributed by atoms with Crippen molar-refractivity contribution < 1.29 is 9.53 Å². The van der Waals surface area contributed by atoms with Crippen molar-refractivity contribution in [3.8, 4) is 11.8 Å². The lowest BCUT2D eigenvalue weighted by molar-refractivity contribution is -0.136. The number of amides is 1. The first-order valence-corrected chi connectivity index (χ1v) is 8.01. The number of morpholine rings is 1. The van der Waals surface area contributed by atoms with Gasteiger partial charge in [-0.05, 0) is 6.42 Å². The Morgan fingerprint density at radius 2 is 2.14 bits per heavy atom. The molecule has 1 aliphatic heterocycles. The van der Waals surface area contributed by atoms with Gasteiger partial charge in [0.2, 0.25) is 5.91 Å². The lowest BCUT2D eigenvalue weighted by Gasteiger charge is -2.34. The Hall–Kier alpha value is -1.05. The number of rotatable bonds is 5. The molecule has 21 heavy (non-hydrogen) atoms. The fraction of sp³-hybridized carbons (Fsp3) is 0.824. The summed E-state index contributed by atoms with van der Waals surface area (Å²) < 4.78 is 5.77. The largest absolute Gasteiger partial charge is 0.374 e. The first-order valence-electron chi connectivity index (χ1n) is 8.01. The van der Waals surface area contributed by atoms with Crippen LogP contribution in [0, 0.1) is 23.7 Å². The van der Waals surface area contributed by atoms with Gasteiger partial charge in [-0.2, -0.15) is 0 Å². The molecule has 0 aliphatic carbocycles. The molecule has 2 atom stereocenters. The molecule has 1 unspecified atom stereocenters. The maximum atomic E-state index is 11.9. The molecule has 0 aromatic heterocycles. The topological polar surface area (TPSA) is 32.8 Å². The molecule has 1 heterocycles. The predicted octanol–water partition coefficient (Wildman–Crippen LogP) is 1.85. The van der Waals surface area contributed by atoms with E-state index in [0.717, 1.165) is 32.7 Å². The molecule has 4 heteroatoms. The third-order valence-electron chi connectivity index (χ3n) is 3.83. The Bertz CT molecular complexity index is 384. The van der Waals surface area contributed by atoms with Crippen LogP contribution in [0.5, 0.6) is 0 Å². The molecule has 1 amide bonds. The number of hydrogen-bond acceptors (Lipinski definition) is 3. The highest BCUT2D eigenvalue weighted by Crippen LogP contribution is 2.08. The van der Waals surface area contributed by atoms with Gasteiger partial charge in [0.1, 0.15) is 0 Å². The van der Waals surface area contributed by atoms with E-state index in [2.05, 4.69) is 30.6 Å². The Balaban J connectivity index is 2.41. The van der Waals surface area contributed by atoms with E-state index in [1.165, 1.54) is 0 Å². The molecule has 0 aromatic carbocycles. The molecule has 0 N–H and O–H groups in total. The molecule has 0 aromatic rings. The number of hydrogen-bond donors (Lipinski definition) is 0. The second kappa shape index (κ2) is 9.07. The Morgan fingerprint density at radius 3 is 2.76 bits per heavy atom. The second-order valence-corrected chi connectivity index (χ2v) is 6.23. The van der Waals surface area contributed by atoms with Gasteiger partial charge < -0.3 is 9.64 Å². The summed E-state index contributed by atoms with van der Waals surface area (Å²) in [7, 11) is 1.85. The van der Waals surface area contributed by atoms with Crippen molar-refractivity contribution in [2.75, 3.05) is 39.8 Å². The van der Waals surface area contributed by atoms with Crippen molar-refractivity contribution in [1.29, 1.82) is 0 Å². The van der Waals surface area contributed by atoms with Gasteiger partial charge in [0.25, 0.3) is 0 Å². The van der Waals surface area contributed by atoms with Gasteiger partial charge >= 0.3 is 0 Å². The molecule has 120 valence electrons. The fourth-order valence-corrected chi connectivity index (χ4v) is 2.30. The van der Waals surface area contributed by atoms with Crippen molar-refractivity contribution in [3.05, 3.63) is 0 Å². The van der Waals surface area contributed by atoms with E-state index in [1.807, 2.05) is 20.9 Å². The predicted molar refractivity (Wildman–Crippen MR) is 85.9 cm³/mol. The quantitative estimate of drug-likeness (QED) is 0.726. The van der Waals surface area contributed by atoms with Crippen LogP contribution in [0.1, 0.15) is 34.1 Å². The zero-order valence-corrected chi connectivity index (χ0v) is 14.2. The SMILES string of the molecule is CCC(C)C#CCN1CCO[C@H](CN(C)C(=O)C(C)C)C1. The molecule has 1 saturated heterocycles. The molecular formula is C17H30N2O2. The van der Waals surface area contributed by atoms with Crippen LogP contribution in [0.15, 0.2) is 0 Å². The summed E-state index contributed by atoms with van der Waals surface area (Å²) in [6.45, 7) is 12.1. The summed E-state index contributed by atoms with van der Waals surface area (Å²) in [6.07, 6.45) is 1.19. The number of likely N-dealkylation sites (N-methyl/N-ethyl adjacent to an activating group) is 1. The van der Waals surface area contributed by atoms with E-state index in [9.17, 15) is 4.79 Å². The van der Waals surface area contributed by atoms with E-state index in [-0.39, 0.29) is 17.9 Å². The molecule has 4 nitrogen and oxygen atoms in total. The van der Waals surface area contributed by atoms with Crippen LogP contribution < -0.4 is 0 Å². The standard InChI is InChI=1S/C17H30N2O2/c1-6-15(4)8-7-9-19-10-11-21-16(13-19)12-18(5)17(20)14(2)3/h14-16H,6,9-13H2,1-5H3/t15?,16-/m1/s1. The van der Waals surface area contributed by atoms with Gasteiger partial charge in [0.05, 0.1) is 19.3 Å². The minimum Gasteiger partial charge on any atom is -0.374 e. The molecule has 0 radical (unpaired) electrons. The van der Waals surface area contributed by atoms with Crippen LogP contribution in [0.4, 0.5) is 0 Å². The van der Waals surface area contributed by atoms with Crippen molar-refractivity contribution in [2.24, 2.45) is 11.8 Å². The normalized spacial score (nSPS) is 20.8. The van der Waals surface area contributed by atoms with Crippen molar-refractivity contribution in [3.63, 3.8) is 0 Å². The molecular weight excluding hydrogens is 264 g/mol. The highest BCUT2D eigenvalue weighted by Gasteiger charge is 2.23. The number of nitrogens with zero attached hydrogens (tertiary/aromatic N) is 2. The summed E-state index contributed by atoms with van der Waals surface area (Å²) in [5.74, 6) is 7.21. The van der Waals surface area contributed by atoms with E-state index < -0.39 is 0 Å². The first kappa shape index (κ1) is 18.0. The van der Waals surface area contributed by atoms with E-state index >= 15 is 0 Å². The van der Waals surface area contributed by atoms with E-state index in [4.69, 9.17) is 4.74 Å². The second-order valence-electron chi connectivity index (χ2n) is 6.23. The fourth-order valence-electron chi connectivity index (χ4n) is 2.30. The molecule has 1 fully saturated rings. The summed E-state index contributed by atoms with van der Waals surface area (Å²) in [4.78, 5) is 16.0. The zero-order valence-electron chi connectivity index (χ0n) is 14.2. The maximum absolute atomic E-state index is 11.9. The third-order valence-corrected chi connectivity index (χ3v) is 3.83. The van der Waals surface area contributed by atoms with E-state index in [0.29, 0.717) is 12.5 Å². The average Bonchev–Trinajstić information content (AvgIpc) is 2.46. The maximum Gasteiger partial charge on any atom is 0.224 e. The van der Waals surface area contributed by atoms with Crippen LogP contribution in [0.2, 0.25) is 0 Å². The van der Waals surface area contributed by atoms with Crippen molar-refractivity contribution in [2.45, 2.75) is 40.2 Å². The van der Waals surface area contributed by atoms with Gasteiger partial charge in [-0.25, -0.2) is 0 Å². The van der Waals surface area contributed by atoms with Gasteiger partial charge in [-0.1, -0.05) is 39.5 Å². The molecule has 0 spiro atoms. The monoisotopic (exact) mass is 294 g/mol. The van der Waals surface area contributed by atoms with Crippen LogP contribution in [0.25, 0.3) is 0 Å². The highest BCUT2D eigenvalue weighted by atomic mass is 16.5. The minimum absolute atomic E-state index is 0.0380. The summed E-state index contributed by atoms with van der Waals surface area (Å²) in [6, 6.07) is 0. The summed E-state index contributed by atoms with van der Waals surface area (Å²) in [5, 5.41) is 0. The lowest BCUT2D eigenvalue weighted by Crippen LogP contribution is -2.48. The summed E-state index contributed by atoms with van der Waals surface area (Å²) >= 11 is 0. The van der Waals surface area contributed by atoms with E-state index in [1.54, 1.807) is 4.90 Å². The van der Waals surface area contributed by atoms with Crippen LogP contribution in [-0.4, -0.2) is 61.6 Å². The minimum atomic E-state index is 0.0380. The Labute approximate surface area is 129 Å². The number of carbonyl (C=O) groups is 1. The highest BCUT2D eigenvalue weighted by molar-refractivity contribution is 5.77. The molecule has 0 saturated carbocycles. The lowest BCUT2D eigenvalue weighted by atomic mass is 10.1. The Kier molecular flexibility index (Phi) is 7.77. The molecule has 1 rings (SSSR count). The van der Waals surface area contributed by atoms with Crippen LogP contribution >= 0.6 is 0 Å². The van der Waals surface area contributed by atoms with Gasteiger partial charge in [-0.15, -0.1) is 0 Å². The third kappa shape index (κ3) is 6.50. The molecule has 0 bridgehead atoms. The van der Waals surface area contributed by atoms with Gasteiger partial charge in [0, 0.05) is 38.5 Å². The first-order chi connectivity index (χ1) is 9.93. The van der Waals surface area contributed by atoms with Crippen molar-refractivity contribution in [1.82, 2.24) is 9.80 Å². The van der Waals surface area contributed by atoms with Gasteiger partial charge in [0.15, 0.2) is 0 Å². The van der Waals surface area contributed by atoms with Crippen LogP contribution in [0.3, 0.4) is 0 Å². The summed E-state index contributed by atoms with van der Waals surface area (Å²) in [5.41, 5.74) is 0. The van der Waals surface area contributed by atoms with Crippen molar-refractivity contribution >= 4 is 5.91 Å². The number of carbonyl (C=O) groups excluding carboxylic acids is 1. The van der Waals surface area contributed by atoms with Crippen LogP contribution in [-0.2, 0) is 9.53 Å². The average molecular weight is 294 g/mol. The Morgan fingerprint density at radius 1 is 1.43 bits per heavy atom. The zero-order chi connectivity index (χ0) is 15.8. The van der Waals surface area contributed by atoms with Gasteiger partial charge in [-0.3, -0.25) is 9.69 Å². The smallest absolute Gasteiger partial charge is 0.224 e. The number of ether oxygens (including phenoxy) is 1.